The van der Waals surface area contributed by atoms with Crippen LogP contribution in [0.1, 0.15) is 98.4 Å². The number of aromatic amines is 2. The van der Waals surface area contributed by atoms with Crippen molar-refractivity contribution < 1.29 is 9.59 Å². The van der Waals surface area contributed by atoms with Gasteiger partial charge in [0.15, 0.2) is 0 Å². The molecule has 10 heteroatoms. The predicted octanol–water partition coefficient (Wildman–Crippen LogP) is 5.46. The van der Waals surface area contributed by atoms with Gasteiger partial charge < -0.3 is 9.97 Å². The third kappa shape index (κ3) is 5.70. The van der Waals surface area contributed by atoms with Gasteiger partial charge in [0.25, 0.3) is 0 Å². The first-order chi connectivity index (χ1) is 21.1. The second kappa shape index (κ2) is 12.6. The zero-order valence-corrected chi connectivity index (χ0v) is 26.4. The summed E-state index contributed by atoms with van der Waals surface area (Å²) >= 11 is 0. The van der Waals surface area contributed by atoms with E-state index in [1.165, 1.54) is 22.3 Å². The monoisotopic (exact) mass is 594 g/mol. The fourth-order valence-corrected chi connectivity index (χ4v) is 6.38. The van der Waals surface area contributed by atoms with Crippen molar-refractivity contribution in [1.29, 1.82) is 0 Å². The third-order valence-corrected chi connectivity index (χ3v) is 9.03. The highest BCUT2D eigenvalue weighted by Crippen LogP contribution is 2.36. The van der Waals surface area contributed by atoms with Gasteiger partial charge in [0, 0.05) is 34.9 Å². The van der Waals surface area contributed by atoms with Gasteiger partial charge in [-0.15, -0.1) is 0 Å². The number of hydrogen-bond acceptors (Lipinski definition) is 6. The van der Waals surface area contributed by atoms with Gasteiger partial charge in [-0.05, 0) is 122 Å². The molecule has 5 rings (SSSR count). The molecule has 0 unspecified atom stereocenters. The molecule has 0 aliphatic carbocycles. The number of aromatic nitrogens is 4. The Morgan fingerprint density at radius 2 is 1.09 bits per heavy atom. The molecular weight excluding hydrogens is 552 g/mol. The van der Waals surface area contributed by atoms with E-state index in [1.54, 1.807) is 0 Å². The third-order valence-electron chi connectivity index (χ3n) is 9.03. The number of carbonyl (C=O) groups excluding carboxylic acids is 2. The molecule has 2 aliphatic rings. The molecule has 0 spiro atoms. The highest BCUT2D eigenvalue weighted by molar-refractivity contribution is 5.95. The van der Waals surface area contributed by atoms with E-state index in [1.807, 2.05) is 13.0 Å². The number of aryl methyl sites for hydroxylation is 4. The minimum Gasteiger partial charge on any atom is -0.355 e. The van der Waals surface area contributed by atoms with Crippen LogP contribution in [0.4, 0.5) is 0 Å². The maximum Gasteiger partial charge on any atom is 0.234 e. The van der Waals surface area contributed by atoms with Gasteiger partial charge in [-0.1, -0.05) is 13.8 Å². The van der Waals surface area contributed by atoms with Crippen LogP contribution in [0.25, 0.3) is 44.4 Å². The standard InChI is InChI=1S/C34H42N8O2/c1-7-21-17(3)25-13-26-19(5)23(9-11-33(43)41-35)31(39-26)16-32-24(10-12-34(44)42-36)20(6)28(40-32)15-30-22(8-2)18(4)27(38-30)14-29(21)37-25/h13-16,37,40H,7-12,35-36H2,1-6H3,(H,41,43)(H,42,44). The van der Waals surface area contributed by atoms with Crippen molar-refractivity contribution in [1.82, 2.24) is 30.8 Å². The molecule has 2 aliphatic heterocycles. The van der Waals surface area contributed by atoms with Crippen molar-refractivity contribution in [3.63, 3.8) is 0 Å². The normalized spacial score (nSPS) is 13.1. The Balaban J connectivity index is 1.89. The number of hydrazine groups is 2. The van der Waals surface area contributed by atoms with Crippen molar-refractivity contribution in [3.8, 4) is 0 Å². The van der Waals surface area contributed by atoms with Crippen LogP contribution in [0.15, 0.2) is 24.3 Å². The molecule has 0 saturated carbocycles. The van der Waals surface area contributed by atoms with E-state index in [9.17, 15) is 9.59 Å². The first-order valence-electron chi connectivity index (χ1n) is 15.2. The first-order valence-corrected chi connectivity index (χ1v) is 15.2. The lowest BCUT2D eigenvalue weighted by molar-refractivity contribution is -0.121. The number of hydrogen-bond donors (Lipinski definition) is 6. The summed E-state index contributed by atoms with van der Waals surface area (Å²) in [6.45, 7) is 12.7. The van der Waals surface area contributed by atoms with Gasteiger partial charge in [-0.3, -0.25) is 20.4 Å². The summed E-state index contributed by atoms with van der Waals surface area (Å²) in [5.74, 6) is 10.3. The summed E-state index contributed by atoms with van der Waals surface area (Å²) < 4.78 is 0. The second-order valence-electron chi connectivity index (χ2n) is 11.5. The predicted molar refractivity (Wildman–Crippen MR) is 177 cm³/mol. The topological polar surface area (TPSA) is 168 Å². The Morgan fingerprint density at radius 1 is 0.636 bits per heavy atom. The fourth-order valence-electron chi connectivity index (χ4n) is 6.38. The number of allylic oxidation sites excluding steroid dienone is 4. The van der Waals surface area contributed by atoms with Crippen molar-refractivity contribution in [2.45, 2.75) is 80.1 Å². The van der Waals surface area contributed by atoms with Gasteiger partial charge in [-0.25, -0.2) is 21.7 Å². The minimum atomic E-state index is -0.238. The number of nitrogens with one attached hydrogen (secondary N) is 4. The number of nitrogens with two attached hydrogens (primary N) is 2. The molecule has 0 aromatic carbocycles. The Bertz CT molecular complexity index is 1890. The maximum absolute atomic E-state index is 12.2. The zero-order valence-electron chi connectivity index (χ0n) is 26.4. The van der Waals surface area contributed by atoms with E-state index < -0.39 is 0 Å². The molecule has 8 bridgehead atoms. The smallest absolute Gasteiger partial charge is 0.234 e. The lowest BCUT2D eigenvalue weighted by Gasteiger charge is -2.05. The van der Waals surface area contributed by atoms with Crippen LogP contribution in [0.2, 0.25) is 0 Å². The summed E-state index contributed by atoms with van der Waals surface area (Å²) in [5.41, 5.74) is 20.6. The van der Waals surface area contributed by atoms with Crippen LogP contribution in [-0.2, 0) is 22.4 Å². The maximum atomic E-state index is 12.2. The quantitative estimate of drug-likeness (QED) is 0.115. The Morgan fingerprint density at radius 3 is 1.66 bits per heavy atom. The Labute approximate surface area is 257 Å². The van der Waals surface area contributed by atoms with Gasteiger partial charge >= 0.3 is 0 Å². The highest BCUT2D eigenvalue weighted by Gasteiger charge is 2.21. The molecule has 44 heavy (non-hydrogen) atoms. The molecule has 5 heterocycles. The van der Waals surface area contributed by atoms with Crippen LogP contribution in [0.3, 0.4) is 0 Å². The minimum absolute atomic E-state index is 0.234. The number of H-pyrrole nitrogens is 2. The Hall–Kier alpha value is -4.54. The van der Waals surface area contributed by atoms with Crippen molar-refractivity contribution in [2.75, 3.05) is 0 Å². The number of rotatable bonds is 8. The molecule has 0 fully saturated rings. The number of amides is 2. The van der Waals surface area contributed by atoms with Crippen LogP contribution >= 0.6 is 0 Å². The summed E-state index contributed by atoms with van der Waals surface area (Å²) in [7, 11) is 0. The SMILES string of the molecule is CCC1=C(C)c2cc3[nH]c(cc4nc(cc5[nH]c(cc1n2)c(C)c5CCC(=O)NN)C(CCC(=O)NN)=C4C)c(C)c3CC. The van der Waals surface area contributed by atoms with Crippen LogP contribution in [0.5, 0.6) is 0 Å². The lowest BCUT2D eigenvalue weighted by Crippen LogP contribution is -2.30. The average molecular weight is 595 g/mol. The number of nitrogens with zero attached hydrogens (tertiary/aromatic N) is 2. The van der Waals surface area contributed by atoms with Crippen molar-refractivity contribution in [2.24, 2.45) is 11.7 Å². The van der Waals surface area contributed by atoms with E-state index in [-0.39, 0.29) is 24.7 Å². The van der Waals surface area contributed by atoms with E-state index >= 15 is 0 Å². The van der Waals surface area contributed by atoms with Crippen LogP contribution in [0, 0.1) is 13.8 Å². The van der Waals surface area contributed by atoms with Gasteiger partial charge in [-0.2, -0.15) is 0 Å². The molecule has 3 aromatic heterocycles. The number of fused-ring (bicyclic) bond motifs is 8. The summed E-state index contributed by atoms with van der Waals surface area (Å²) in [6, 6.07) is 8.39. The van der Waals surface area contributed by atoms with E-state index in [0.717, 1.165) is 80.0 Å². The van der Waals surface area contributed by atoms with E-state index in [0.29, 0.717) is 12.8 Å². The molecule has 2 amide bonds. The molecule has 0 saturated heterocycles. The van der Waals surface area contributed by atoms with Crippen molar-refractivity contribution in [3.05, 3.63) is 69.3 Å². The number of carbonyl (C=O) groups is 2. The van der Waals surface area contributed by atoms with Gasteiger partial charge in [0.05, 0.1) is 22.8 Å². The van der Waals surface area contributed by atoms with E-state index in [2.05, 4.69) is 73.6 Å². The molecule has 0 radical (unpaired) electrons. The molecule has 3 aromatic rings. The first kappa shape index (κ1) is 30.9. The summed E-state index contributed by atoms with van der Waals surface area (Å²) in [4.78, 5) is 41.8. The van der Waals surface area contributed by atoms with Gasteiger partial charge in [0.2, 0.25) is 11.8 Å². The zero-order chi connectivity index (χ0) is 31.7. The molecule has 0 atom stereocenters. The van der Waals surface area contributed by atoms with Crippen LogP contribution in [-0.4, -0.2) is 31.8 Å². The fraction of sp³-hybridized carbons (Fsp3) is 0.353. The highest BCUT2D eigenvalue weighted by atomic mass is 16.2. The molecule has 230 valence electrons. The molecule has 8 N–H and O–H groups in total. The van der Waals surface area contributed by atoms with E-state index in [4.69, 9.17) is 21.7 Å². The van der Waals surface area contributed by atoms with Crippen molar-refractivity contribution >= 4 is 56.2 Å². The summed E-state index contributed by atoms with van der Waals surface area (Å²) in [5, 5.41) is 0. The van der Waals surface area contributed by atoms with Crippen LogP contribution < -0.4 is 22.5 Å². The molecule has 10 nitrogen and oxygen atoms in total. The molecular formula is C34H42N8O2. The largest absolute Gasteiger partial charge is 0.355 e. The Kier molecular flexibility index (Phi) is 8.85. The average Bonchev–Trinajstić information content (AvgIpc) is 3.67. The van der Waals surface area contributed by atoms with Gasteiger partial charge in [0.1, 0.15) is 0 Å². The summed E-state index contributed by atoms with van der Waals surface area (Å²) in [6.07, 6.45) is 3.18. The lowest BCUT2D eigenvalue weighted by atomic mass is 10.00. The second-order valence-corrected chi connectivity index (χ2v) is 11.5.